The van der Waals surface area contributed by atoms with Crippen LogP contribution in [0.3, 0.4) is 0 Å². The van der Waals surface area contributed by atoms with Gasteiger partial charge < -0.3 is 10.7 Å². The average Bonchev–Trinajstić information content (AvgIpc) is 2.53. The minimum atomic E-state index is 0.332. The topological polar surface area (TPSA) is 74.6 Å². The number of nitrogens with one attached hydrogen (secondary N) is 2. The van der Waals surface area contributed by atoms with Crippen molar-refractivity contribution in [2.45, 2.75) is 6.92 Å². The van der Waals surface area contributed by atoms with Gasteiger partial charge in [0.1, 0.15) is 5.82 Å². The molecule has 2 aromatic heterocycles. The van der Waals surface area contributed by atoms with E-state index in [9.17, 15) is 0 Å². The summed E-state index contributed by atoms with van der Waals surface area (Å²) >= 11 is 0. The molecule has 5 heteroatoms. The van der Waals surface area contributed by atoms with Crippen LogP contribution in [0.25, 0.3) is 11.3 Å². The van der Waals surface area contributed by atoms with Gasteiger partial charge in [0.05, 0.1) is 23.3 Å². The molecule has 0 saturated carbocycles. The van der Waals surface area contributed by atoms with E-state index in [0.717, 1.165) is 22.5 Å². The van der Waals surface area contributed by atoms with Crippen molar-refractivity contribution in [2.75, 3.05) is 11.9 Å². The normalized spacial score (nSPS) is 9.95. The van der Waals surface area contributed by atoms with Crippen molar-refractivity contribution in [1.29, 1.82) is 5.41 Å². The molecule has 5 nitrogen and oxygen atoms in total. The fourth-order valence-corrected chi connectivity index (χ4v) is 1.79. The van der Waals surface area contributed by atoms with Gasteiger partial charge in [-0.25, -0.2) is 9.97 Å². The maximum atomic E-state index is 8.01. The lowest BCUT2D eigenvalue weighted by Crippen LogP contribution is -2.06. The van der Waals surface area contributed by atoms with E-state index in [4.69, 9.17) is 5.41 Å². The van der Waals surface area contributed by atoms with E-state index in [1.807, 2.05) is 13.0 Å². The molecule has 0 aromatic carbocycles. The Morgan fingerprint density at radius 3 is 2.57 bits per heavy atom. The molecule has 2 heterocycles. The minimum absolute atomic E-state index is 0.332. The van der Waals surface area contributed by atoms with E-state index in [1.54, 1.807) is 24.7 Å². The number of aryl methyl sites for hydroxylation is 1. The van der Waals surface area contributed by atoms with E-state index >= 15 is 0 Å². The smallest absolute Gasteiger partial charge is 0.125 e. The number of pyridine rings is 1. The van der Waals surface area contributed by atoms with Crippen LogP contribution in [0.5, 0.6) is 0 Å². The van der Waals surface area contributed by atoms with Gasteiger partial charge in [-0.1, -0.05) is 12.7 Å². The Morgan fingerprint density at radius 2 is 1.95 bits per heavy atom. The number of aromatic nitrogens is 3. The lowest BCUT2D eigenvalue weighted by molar-refractivity contribution is 1.05. The zero-order chi connectivity index (χ0) is 15.2. The van der Waals surface area contributed by atoms with Gasteiger partial charge >= 0.3 is 0 Å². The van der Waals surface area contributed by atoms with Gasteiger partial charge in [0.25, 0.3) is 0 Å². The Hall–Kier alpha value is -2.82. The summed E-state index contributed by atoms with van der Waals surface area (Å²) in [5.41, 5.74) is 3.38. The average molecular weight is 279 g/mol. The van der Waals surface area contributed by atoms with Crippen LogP contribution in [0.4, 0.5) is 5.69 Å². The first-order valence-electron chi connectivity index (χ1n) is 6.51. The fraction of sp³-hybridized carbons (Fsp3) is 0.125. The summed E-state index contributed by atoms with van der Waals surface area (Å²) in [6, 6.07) is 1.84. The third kappa shape index (κ3) is 3.39. The Labute approximate surface area is 124 Å². The molecule has 0 fully saturated rings. The molecule has 21 heavy (non-hydrogen) atoms. The van der Waals surface area contributed by atoms with Crippen molar-refractivity contribution in [1.82, 2.24) is 15.0 Å². The number of hydrogen-bond donors (Lipinski definition) is 2. The van der Waals surface area contributed by atoms with Crippen molar-refractivity contribution in [3.05, 3.63) is 61.4 Å². The number of rotatable bonds is 6. The molecule has 0 aliphatic heterocycles. The largest absolute Gasteiger partial charge is 0.380 e. The van der Waals surface area contributed by atoms with Crippen LogP contribution in [0, 0.1) is 12.3 Å². The highest BCUT2D eigenvalue weighted by Crippen LogP contribution is 2.22. The first-order valence-corrected chi connectivity index (χ1v) is 6.51. The highest BCUT2D eigenvalue weighted by atomic mass is 14.9. The molecule has 2 N–H and O–H groups in total. The fourth-order valence-electron chi connectivity index (χ4n) is 1.79. The third-order valence-corrected chi connectivity index (χ3v) is 2.91. The van der Waals surface area contributed by atoms with E-state index in [1.165, 1.54) is 6.08 Å². The Bertz CT molecular complexity index is 674. The second kappa shape index (κ2) is 6.56. The van der Waals surface area contributed by atoms with E-state index in [-0.39, 0.29) is 0 Å². The van der Waals surface area contributed by atoms with Crippen LogP contribution in [-0.2, 0) is 0 Å². The van der Waals surface area contributed by atoms with Crippen molar-refractivity contribution in [2.24, 2.45) is 0 Å². The molecule has 0 spiro atoms. The third-order valence-electron chi connectivity index (χ3n) is 2.91. The molecule has 0 radical (unpaired) electrons. The summed E-state index contributed by atoms with van der Waals surface area (Å²) in [7, 11) is 0. The molecule has 0 amide bonds. The summed E-state index contributed by atoms with van der Waals surface area (Å²) in [6.07, 6.45) is 8.41. The van der Waals surface area contributed by atoms with Crippen LogP contribution < -0.4 is 5.32 Å². The molecule has 0 aliphatic rings. The van der Waals surface area contributed by atoms with Gasteiger partial charge in [-0.3, -0.25) is 4.98 Å². The lowest BCUT2D eigenvalue weighted by atomic mass is 10.1. The van der Waals surface area contributed by atoms with Gasteiger partial charge in [-0.05, 0) is 19.1 Å². The Morgan fingerprint density at radius 1 is 1.24 bits per heavy atom. The molecular weight excluding hydrogens is 262 g/mol. The number of nitrogens with zero attached hydrogens (tertiary/aromatic N) is 3. The minimum Gasteiger partial charge on any atom is -0.380 e. The van der Waals surface area contributed by atoms with Crippen LogP contribution in [0.1, 0.15) is 11.4 Å². The molecule has 2 rings (SSSR count). The molecule has 0 atom stereocenters. The molecule has 0 unspecified atom stereocenters. The molecule has 0 saturated heterocycles. The second-order valence-electron chi connectivity index (χ2n) is 4.42. The zero-order valence-electron chi connectivity index (χ0n) is 11.9. The quantitative estimate of drug-likeness (QED) is 0.629. The number of allylic oxidation sites excluding steroid dienone is 1. The second-order valence-corrected chi connectivity index (χ2v) is 4.42. The van der Waals surface area contributed by atoms with Crippen molar-refractivity contribution >= 4 is 11.4 Å². The van der Waals surface area contributed by atoms with Gasteiger partial charge in [-0.15, -0.1) is 6.58 Å². The van der Waals surface area contributed by atoms with Crippen molar-refractivity contribution < 1.29 is 0 Å². The van der Waals surface area contributed by atoms with E-state index in [0.29, 0.717) is 18.1 Å². The Kier molecular flexibility index (Phi) is 4.56. The summed E-state index contributed by atoms with van der Waals surface area (Å²) in [6.45, 7) is 9.76. The first-order chi connectivity index (χ1) is 10.2. The molecule has 106 valence electrons. The summed E-state index contributed by atoms with van der Waals surface area (Å²) in [5.74, 6) is 0.710. The SMILES string of the molecule is C=CCNc1cnc(-c2cnc(C)nc2)cc1C(=N)C=C. The summed E-state index contributed by atoms with van der Waals surface area (Å²) in [4.78, 5) is 12.7. The predicted octanol–water partition coefficient (Wildman–Crippen LogP) is 3.00. The van der Waals surface area contributed by atoms with Crippen LogP contribution in [0.15, 0.2) is 50.0 Å². The maximum Gasteiger partial charge on any atom is 0.125 e. The lowest BCUT2D eigenvalue weighted by Gasteiger charge is -2.11. The van der Waals surface area contributed by atoms with E-state index in [2.05, 4.69) is 33.4 Å². The van der Waals surface area contributed by atoms with Gasteiger partial charge in [0.15, 0.2) is 0 Å². The molecule has 0 bridgehead atoms. The van der Waals surface area contributed by atoms with Gasteiger partial charge in [0.2, 0.25) is 0 Å². The number of anilines is 1. The molecule has 2 aromatic rings. The Balaban J connectivity index is 2.45. The van der Waals surface area contributed by atoms with Crippen molar-refractivity contribution in [3.8, 4) is 11.3 Å². The van der Waals surface area contributed by atoms with Crippen LogP contribution in [0.2, 0.25) is 0 Å². The molecular formula is C16H17N5. The standard InChI is InChI=1S/C16H17N5/c1-4-6-18-16-10-21-15(7-13(16)14(17)5-2)12-8-19-11(3)20-9-12/h4-5,7-10,17-18H,1-2,6H2,3H3. The van der Waals surface area contributed by atoms with Gasteiger partial charge in [0, 0.05) is 30.1 Å². The highest BCUT2D eigenvalue weighted by molar-refractivity contribution is 6.10. The van der Waals surface area contributed by atoms with Crippen molar-refractivity contribution in [3.63, 3.8) is 0 Å². The highest BCUT2D eigenvalue weighted by Gasteiger charge is 2.09. The maximum absolute atomic E-state index is 8.01. The predicted molar refractivity (Wildman–Crippen MR) is 85.7 cm³/mol. The van der Waals surface area contributed by atoms with Crippen LogP contribution >= 0.6 is 0 Å². The summed E-state index contributed by atoms with van der Waals surface area (Å²) in [5, 5.41) is 11.2. The van der Waals surface area contributed by atoms with E-state index < -0.39 is 0 Å². The monoisotopic (exact) mass is 279 g/mol. The molecule has 0 aliphatic carbocycles. The summed E-state index contributed by atoms with van der Waals surface area (Å²) < 4.78 is 0. The number of hydrogen-bond acceptors (Lipinski definition) is 5. The first kappa shape index (κ1) is 14.6. The van der Waals surface area contributed by atoms with Crippen LogP contribution in [-0.4, -0.2) is 27.2 Å². The van der Waals surface area contributed by atoms with Gasteiger partial charge in [-0.2, -0.15) is 0 Å². The zero-order valence-corrected chi connectivity index (χ0v) is 11.9.